The number of nitrogens with zero attached hydrogens (tertiary/aromatic N) is 2. The smallest absolute Gasteiger partial charge is 0.205 e. The molecule has 0 spiro atoms. The van der Waals surface area contributed by atoms with Gasteiger partial charge in [0.05, 0.1) is 18.5 Å². The highest BCUT2D eigenvalue weighted by Gasteiger charge is 2.39. The first-order valence-corrected chi connectivity index (χ1v) is 8.89. The summed E-state index contributed by atoms with van der Waals surface area (Å²) in [6, 6.07) is 9.35. The van der Waals surface area contributed by atoms with Gasteiger partial charge in [0.1, 0.15) is 28.3 Å². The molecule has 1 aromatic heterocycles. The van der Waals surface area contributed by atoms with Gasteiger partial charge >= 0.3 is 0 Å². The number of hydrogen-bond donors (Lipinski definition) is 1. The maximum absolute atomic E-state index is 12.7. The van der Waals surface area contributed by atoms with E-state index in [1.807, 2.05) is 12.1 Å². The molecule has 4 rings (SSSR count). The maximum Gasteiger partial charge on any atom is 0.205 e. The molecule has 2 aliphatic rings. The molecule has 0 bridgehead atoms. The molecule has 0 saturated heterocycles. The number of benzene rings is 1. The van der Waals surface area contributed by atoms with Gasteiger partial charge in [0.2, 0.25) is 5.88 Å². The highest BCUT2D eigenvalue weighted by molar-refractivity contribution is 6.31. The van der Waals surface area contributed by atoms with Gasteiger partial charge in [-0.2, -0.15) is 5.26 Å². The van der Waals surface area contributed by atoms with Crippen LogP contribution in [0.4, 0.5) is 0 Å². The molecule has 0 amide bonds. The van der Waals surface area contributed by atoms with Crippen LogP contribution in [0.25, 0.3) is 10.9 Å². The van der Waals surface area contributed by atoms with Gasteiger partial charge in [0.15, 0.2) is 5.78 Å². The van der Waals surface area contributed by atoms with Gasteiger partial charge in [0.25, 0.3) is 0 Å². The van der Waals surface area contributed by atoms with E-state index in [2.05, 4.69) is 11.1 Å². The van der Waals surface area contributed by atoms with Crippen LogP contribution in [0, 0.1) is 11.3 Å². The number of halogens is 1. The van der Waals surface area contributed by atoms with Crippen LogP contribution in [0.3, 0.4) is 0 Å². The molecule has 1 aliphatic carbocycles. The number of Topliss-reactive ketones (excluding diaryl/α,β-unsaturated/α-hetero) is 1. The second kappa shape index (κ2) is 6.60. The first-order chi connectivity index (χ1) is 13.0. The number of nitriles is 1. The molecule has 0 fully saturated rings. The van der Waals surface area contributed by atoms with Gasteiger partial charge in [-0.3, -0.25) is 4.79 Å². The number of hydrogen-bond acceptors (Lipinski definition) is 6. The monoisotopic (exact) mass is 381 g/mol. The van der Waals surface area contributed by atoms with E-state index in [-0.39, 0.29) is 22.4 Å². The van der Waals surface area contributed by atoms with Crippen LogP contribution < -0.4 is 10.5 Å². The van der Waals surface area contributed by atoms with Crippen LogP contribution >= 0.6 is 11.6 Å². The molecule has 6 nitrogen and oxygen atoms in total. The summed E-state index contributed by atoms with van der Waals surface area (Å²) >= 11 is 6.47. The van der Waals surface area contributed by atoms with E-state index >= 15 is 0 Å². The minimum Gasteiger partial charge on any atom is -0.497 e. The Labute approximate surface area is 160 Å². The number of ketones is 1. The molecule has 1 atom stereocenters. The third kappa shape index (κ3) is 2.81. The van der Waals surface area contributed by atoms with Gasteiger partial charge in [-0.1, -0.05) is 11.6 Å². The van der Waals surface area contributed by atoms with Crippen molar-refractivity contribution >= 4 is 28.3 Å². The molecule has 1 unspecified atom stereocenters. The van der Waals surface area contributed by atoms with Gasteiger partial charge in [-0.05, 0) is 30.7 Å². The van der Waals surface area contributed by atoms with E-state index in [0.29, 0.717) is 47.4 Å². The Morgan fingerprint density at radius 2 is 2.19 bits per heavy atom. The summed E-state index contributed by atoms with van der Waals surface area (Å²) in [5.74, 6) is 0.478. The SMILES string of the molecule is COc1ccc2nc(Cl)c(C3C(C#N)=C(N)OC4=C3C(=O)CCC4)cc2c1. The molecule has 27 heavy (non-hydrogen) atoms. The normalized spacial score (nSPS) is 19.6. The van der Waals surface area contributed by atoms with Crippen molar-refractivity contribution in [1.29, 1.82) is 5.26 Å². The van der Waals surface area contributed by atoms with Gasteiger partial charge in [-0.25, -0.2) is 4.98 Å². The number of carbonyl (C=O) groups excluding carboxylic acids is 1. The molecule has 136 valence electrons. The minimum absolute atomic E-state index is 0.0118. The number of carbonyl (C=O) groups is 1. The van der Waals surface area contributed by atoms with E-state index in [1.54, 1.807) is 19.2 Å². The topological polar surface area (TPSA) is 98.2 Å². The number of aromatic nitrogens is 1. The Balaban J connectivity index is 1.97. The fraction of sp³-hybridized carbons (Fsp3) is 0.250. The molecule has 1 aromatic carbocycles. The second-order valence-corrected chi connectivity index (χ2v) is 6.82. The van der Waals surface area contributed by atoms with Crippen molar-refractivity contribution in [2.75, 3.05) is 7.11 Å². The number of allylic oxidation sites excluding steroid dienone is 3. The van der Waals surface area contributed by atoms with Gasteiger partial charge in [-0.15, -0.1) is 0 Å². The predicted octanol–water partition coefficient (Wildman–Crippen LogP) is 3.71. The maximum atomic E-state index is 12.7. The molecular formula is C20H16ClN3O3. The quantitative estimate of drug-likeness (QED) is 0.796. The lowest BCUT2D eigenvalue weighted by Gasteiger charge is -2.31. The molecule has 7 heteroatoms. The Morgan fingerprint density at radius 1 is 1.37 bits per heavy atom. The van der Waals surface area contributed by atoms with Crippen molar-refractivity contribution in [2.24, 2.45) is 5.73 Å². The summed E-state index contributed by atoms with van der Waals surface area (Å²) < 4.78 is 10.9. The number of fused-ring (bicyclic) bond motifs is 1. The molecule has 1 aliphatic heterocycles. The molecule has 0 saturated carbocycles. The predicted molar refractivity (Wildman–Crippen MR) is 99.8 cm³/mol. The van der Waals surface area contributed by atoms with Crippen LogP contribution in [0.1, 0.15) is 30.7 Å². The second-order valence-electron chi connectivity index (χ2n) is 6.47. The third-order valence-electron chi connectivity index (χ3n) is 4.92. The summed E-state index contributed by atoms with van der Waals surface area (Å²) in [5, 5.41) is 10.7. The number of nitrogens with two attached hydrogens (primary N) is 1. The summed E-state index contributed by atoms with van der Waals surface area (Å²) in [6.07, 6.45) is 1.70. The minimum atomic E-state index is -0.679. The Bertz CT molecular complexity index is 1080. The van der Waals surface area contributed by atoms with Crippen molar-refractivity contribution in [2.45, 2.75) is 25.2 Å². The number of pyridine rings is 1. The van der Waals surface area contributed by atoms with Crippen LogP contribution in [0.15, 0.2) is 47.1 Å². The summed E-state index contributed by atoms with van der Waals surface area (Å²) in [7, 11) is 1.58. The van der Waals surface area contributed by atoms with E-state index in [0.717, 1.165) is 5.39 Å². The first-order valence-electron chi connectivity index (χ1n) is 8.51. The van der Waals surface area contributed by atoms with E-state index < -0.39 is 5.92 Å². The Morgan fingerprint density at radius 3 is 2.93 bits per heavy atom. The zero-order valence-electron chi connectivity index (χ0n) is 14.6. The van der Waals surface area contributed by atoms with Crippen molar-refractivity contribution < 1.29 is 14.3 Å². The van der Waals surface area contributed by atoms with Gasteiger partial charge < -0.3 is 15.2 Å². The van der Waals surface area contributed by atoms with Crippen LogP contribution in [0.5, 0.6) is 5.75 Å². The van der Waals surface area contributed by atoms with Crippen molar-refractivity contribution in [3.05, 3.63) is 57.8 Å². The molecule has 0 radical (unpaired) electrons. The summed E-state index contributed by atoms with van der Waals surface area (Å²) in [6.45, 7) is 0. The first kappa shape index (κ1) is 17.4. The molecule has 2 N–H and O–H groups in total. The lowest BCUT2D eigenvalue weighted by molar-refractivity contribution is -0.116. The average molecular weight is 382 g/mol. The fourth-order valence-electron chi connectivity index (χ4n) is 3.64. The van der Waals surface area contributed by atoms with E-state index in [4.69, 9.17) is 26.8 Å². The average Bonchev–Trinajstić information content (AvgIpc) is 2.66. The van der Waals surface area contributed by atoms with Crippen LogP contribution in [-0.4, -0.2) is 17.9 Å². The number of ether oxygens (including phenoxy) is 2. The van der Waals surface area contributed by atoms with Crippen molar-refractivity contribution in [3.8, 4) is 11.8 Å². The van der Waals surface area contributed by atoms with E-state index in [1.165, 1.54) is 0 Å². The fourth-order valence-corrected chi connectivity index (χ4v) is 3.90. The highest BCUT2D eigenvalue weighted by Crippen LogP contribution is 2.45. The zero-order chi connectivity index (χ0) is 19.1. The molecular weight excluding hydrogens is 366 g/mol. The van der Waals surface area contributed by atoms with Crippen molar-refractivity contribution in [1.82, 2.24) is 4.98 Å². The lowest BCUT2D eigenvalue weighted by atomic mass is 9.78. The Kier molecular flexibility index (Phi) is 4.25. The standard InChI is InChI=1S/C20H16ClN3O3/c1-26-11-5-6-14-10(7-11)8-12(19(21)24-14)17-13(9-22)20(23)27-16-4-2-3-15(25)18(16)17/h5-8,17H,2-4,23H2,1H3. The number of methoxy groups -OCH3 is 1. The Hall–Kier alpha value is -3.04. The van der Waals surface area contributed by atoms with Crippen LogP contribution in [0.2, 0.25) is 5.15 Å². The zero-order valence-corrected chi connectivity index (χ0v) is 15.3. The lowest BCUT2D eigenvalue weighted by Crippen LogP contribution is -2.27. The van der Waals surface area contributed by atoms with Gasteiger partial charge in [0, 0.05) is 29.4 Å². The highest BCUT2D eigenvalue weighted by atomic mass is 35.5. The number of rotatable bonds is 2. The molecule has 2 aromatic rings. The van der Waals surface area contributed by atoms with Crippen LogP contribution in [-0.2, 0) is 9.53 Å². The molecule has 2 heterocycles. The summed E-state index contributed by atoms with van der Waals surface area (Å²) in [5.41, 5.74) is 7.87. The largest absolute Gasteiger partial charge is 0.497 e. The van der Waals surface area contributed by atoms with E-state index in [9.17, 15) is 10.1 Å². The summed E-state index contributed by atoms with van der Waals surface area (Å²) in [4.78, 5) is 17.1. The third-order valence-corrected chi connectivity index (χ3v) is 5.22. The van der Waals surface area contributed by atoms with Crippen molar-refractivity contribution in [3.63, 3.8) is 0 Å².